The van der Waals surface area contributed by atoms with E-state index in [1.54, 1.807) is 17.9 Å². The van der Waals surface area contributed by atoms with Crippen LogP contribution in [0.1, 0.15) is 21.6 Å². The van der Waals surface area contributed by atoms with Crippen molar-refractivity contribution in [2.24, 2.45) is 5.73 Å². The molecule has 2 aromatic rings. The number of pyridine rings is 1. The summed E-state index contributed by atoms with van der Waals surface area (Å²) in [7, 11) is 0. The fourth-order valence-electron chi connectivity index (χ4n) is 2.42. The number of primary amides is 1. The summed E-state index contributed by atoms with van der Waals surface area (Å²) in [4.78, 5) is 28.9. The van der Waals surface area contributed by atoms with Gasteiger partial charge in [-0.1, -0.05) is 18.2 Å². The van der Waals surface area contributed by atoms with Gasteiger partial charge in [0, 0.05) is 11.6 Å². The summed E-state index contributed by atoms with van der Waals surface area (Å²) in [6.45, 7) is 2.26. The highest BCUT2D eigenvalue weighted by atomic mass is 16.6. The van der Waals surface area contributed by atoms with E-state index in [2.05, 4.69) is 4.98 Å². The summed E-state index contributed by atoms with van der Waals surface area (Å²) in [6, 6.07) is 10.7. The van der Waals surface area contributed by atoms with Gasteiger partial charge in [0.1, 0.15) is 0 Å². The van der Waals surface area contributed by atoms with E-state index in [0.717, 1.165) is 5.56 Å². The molecule has 1 aromatic carbocycles. The molecule has 1 aliphatic rings. The van der Waals surface area contributed by atoms with E-state index in [9.17, 15) is 9.59 Å². The lowest BCUT2D eigenvalue weighted by Gasteiger charge is -2.18. The molecule has 2 amide bonds. The second kappa shape index (κ2) is 4.90. The summed E-state index contributed by atoms with van der Waals surface area (Å²) in [6.07, 6.45) is -0.917. The van der Waals surface area contributed by atoms with Crippen LogP contribution in [-0.2, 0) is 6.54 Å². The monoisotopic (exact) mass is 283 g/mol. The molecule has 3 rings (SSSR count). The minimum atomic E-state index is -0.917. The average molecular weight is 283 g/mol. The number of hydrogen-bond donors (Lipinski definition) is 1. The number of rotatable bonds is 2. The summed E-state index contributed by atoms with van der Waals surface area (Å²) in [5, 5.41) is 0. The Morgan fingerprint density at radius 3 is 2.71 bits per heavy atom. The van der Waals surface area contributed by atoms with E-state index in [4.69, 9.17) is 10.5 Å². The molecule has 0 radical (unpaired) electrons. The molecular formula is C15H13N3O3. The standard InChI is InChI=1S/C15H13N3O3/c1-9-12(6-7-13(17-9)21-15(16)20)18-8-10-4-2-3-5-11(10)14(18)19/h2-7H,8H2,1H3,(H2,16,20). The Hall–Kier alpha value is -2.89. The summed E-state index contributed by atoms with van der Waals surface area (Å²) in [5.41, 5.74) is 7.92. The van der Waals surface area contributed by atoms with Crippen molar-refractivity contribution in [1.29, 1.82) is 0 Å². The van der Waals surface area contributed by atoms with Gasteiger partial charge in [-0.15, -0.1) is 0 Å². The molecule has 0 unspecified atom stereocenters. The lowest BCUT2D eigenvalue weighted by atomic mass is 10.1. The second-order valence-corrected chi connectivity index (χ2v) is 4.72. The maximum atomic E-state index is 12.4. The predicted molar refractivity (Wildman–Crippen MR) is 76.1 cm³/mol. The number of aryl methyl sites for hydroxylation is 1. The molecule has 0 bridgehead atoms. The van der Waals surface area contributed by atoms with Gasteiger partial charge in [-0.05, 0) is 24.6 Å². The molecule has 0 saturated heterocycles. The fraction of sp³-hybridized carbons (Fsp3) is 0.133. The largest absolute Gasteiger partial charge is 0.411 e. The van der Waals surface area contributed by atoms with Gasteiger partial charge in [0.25, 0.3) is 5.91 Å². The Bertz CT molecular complexity index is 743. The van der Waals surface area contributed by atoms with Crippen molar-refractivity contribution in [2.75, 3.05) is 4.90 Å². The summed E-state index contributed by atoms with van der Waals surface area (Å²) < 4.78 is 4.73. The van der Waals surface area contributed by atoms with E-state index in [-0.39, 0.29) is 11.8 Å². The van der Waals surface area contributed by atoms with Gasteiger partial charge in [-0.2, -0.15) is 0 Å². The smallest absolute Gasteiger partial charge is 0.391 e. The van der Waals surface area contributed by atoms with Crippen LogP contribution in [-0.4, -0.2) is 17.0 Å². The van der Waals surface area contributed by atoms with Crippen molar-refractivity contribution in [3.63, 3.8) is 0 Å². The number of carbonyl (C=O) groups is 2. The van der Waals surface area contributed by atoms with Crippen LogP contribution in [0.25, 0.3) is 0 Å². The first kappa shape index (κ1) is 13.1. The van der Waals surface area contributed by atoms with Crippen LogP contribution in [0.4, 0.5) is 10.5 Å². The van der Waals surface area contributed by atoms with Crippen molar-refractivity contribution in [3.8, 4) is 5.88 Å². The van der Waals surface area contributed by atoms with Gasteiger partial charge < -0.3 is 15.4 Å². The van der Waals surface area contributed by atoms with Crippen LogP contribution in [0.15, 0.2) is 36.4 Å². The van der Waals surface area contributed by atoms with Gasteiger partial charge in [-0.3, -0.25) is 4.79 Å². The molecule has 2 heterocycles. The number of nitrogens with two attached hydrogens (primary N) is 1. The zero-order valence-corrected chi connectivity index (χ0v) is 11.4. The molecule has 0 atom stereocenters. The molecule has 21 heavy (non-hydrogen) atoms. The first-order valence-electron chi connectivity index (χ1n) is 6.41. The van der Waals surface area contributed by atoms with Gasteiger partial charge in [-0.25, -0.2) is 9.78 Å². The van der Waals surface area contributed by atoms with Crippen LogP contribution >= 0.6 is 0 Å². The molecule has 0 spiro atoms. The normalized spacial score (nSPS) is 13.2. The van der Waals surface area contributed by atoms with E-state index < -0.39 is 6.09 Å². The Labute approximate surface area is 121 Å². The number of carbonyl (C=O) groups excluding carboxylic acids is 2. The highest BCUT2D eigenvalue weighted by Crippen LogP contribution is 2.30. The SMILES string of the molecule is Cc1nc(OC(N)=O)ccc1N1Cc2ccccc2C1=O. The summed E-state index contributed by atoms with van der Waals surface area (Å²) >= 11 is 0. The number of ether oxygens (including phenoxy) is 1. The molecule has 0 saturated carbocycles. The van der Waals surface area contributed by atoms with Crippen LogP contribution in [0.3, 0.4) is 0 Å². The number of anilines is 1. The third kappa shape index (κ3) is 2.31. The molecule has 0 fully saturated rings. The Morgan fingerprint density at radius 2 is 2.05 bits per heavy atom. The minimum absolute atomic E-state index is 0.0564. The highest BCUT2D eigenvalue weighted by Gasteiger charge is 2.29. The van der Waals surface area contributed by atoms with Crippen molar-refractivity contribution < 1.29 is 14.3 Å². The number of benzene rings is 1. The molecule has 2 N–H and O–H groups in total. The number of hydrogen-bond acceptors (Lipinski definition) is 4. The minimum Gasteiger partial charge on any atom is -0.391 e. The fourth-order valence-corrected chi connectivity index (χ4v) is 2.42. The van der Waals surface area contributed by atoms with Crippen LogP contribution in [0, 0.1) is 6.92 Å². The Morgan fingerprint density at radius 1 is 1.29 bits per heavy atom. The van der Waals surface area contributed by atoms with Crippen LogP contribution in [0.5, 0.6) is 5.88 Å². The highest BCUT2D eigenvalue weighted by molar-refractivity contribution is 6.10. The lowest BCUT2D eigenvalue weighted by molar-refractivity contribution is 0.0996. The molecule has 0 aliphatic carbocycles. The average Bonchev–Trinajstić information content (AvgIpc) is 2.76. The number of amides is 2. The van der Waals surface area contributed by atoms with Crippen molar-refractivity contribution in [1.82, 2.24) is 4.98 Å². The molecule has 6 nitrogen and oxygen atoms in total. The Kier molecular flexibility index (Phi) is 3.06. The first-order chi connectivity index (χ1) is 10.1. The second-order valence-electron chi connectivity index (χ2n) is 4.72. The maximum Gasteiger partial charge on any atom is 0.411 e. The van der Waals surface area contributed by atoms with Crippen LogP contribution in [0.2, 0.25) is 0 Å². The zero-order valence-electron chi connectivity index (χ0n) is 11.4. The van der Waals surface area contributed by atoms with E-state index in [0.29, 0.717) is 23.5 Å². The van der Waals surface area contributed by atoms with E-state index in [1.807, 2.05) is 24.3 Å². The van der Waals surface area contributed by atoms with Gasteiger partial charge >= 0.3 is 6.09 Å². The van der Waals surface area contributed by atoms with Gasteiger partial charge in [0.05, 0.1) is 17.9 Å². The molecule has 106 valence electrons. The van der Waals surface area contributed by atoms with Crippen molar-refractivity contribution in [3.05, 3.63) is 53.2 Å². The molecule has 6 heteroatoms. The quantitative estimate of drug-likeness (QED) is 0.913. The van der Waals surface area contributed by atoms with Crippen LogP contribution < -0.4 is 15.4 Å². The Balaban J connectivity index is 1.92. The number of nitrogens with zero attached hydrogens (tertiary/aromatic N) is 2. The lowest BCUT2D eigenvalue weighted by Crippen LogP contribution is -2.24. The van der Waals surface area contributed by atoms with Gasteiger partial charge in [0.15, 0.2) is 0 Å². The van der Waals surface area contributed by atoms with E-state index in [1.165, 1.54) is 6.07 Å². The predicted octanol–water partition coefficient (Wildman–Crippen LogP) is 2.01. The zero-order chi connectivity index (χ0) is 15.0. The molecular weight excluding hydrogens is 270 g/mol. The van der Waals surface area contributed by atoms with Crippen molar-refractivity contribution >= 4 is 17.7 Å². The summed E-state index contributed by atoms with van der Waals surface area (Å²) in [5.74, 6) is 0.0620. The molecule has 1 aromatic heterocycles. The third-order valence-corrected chi connectivity index (χ3v) is 3.35. The number of aromatic nitrogens is 1. The first-order valence-corrected chi connectivity index (χ1v) is 6.41. The third-order valence-electron chi connectivity index (χ3n) is 3.35. The topological polar surface area (TPSA) is 85.5 Å². The van der Waals surface area contributed by atoms with Gasteiger partial charge in [0.2, 0.25) is 5.88 Å². The molecule has 1 aliphatic heterocycles. The van der Waals surface area contributed by atoms with Crippen molar-refractivity contribution in [2.45, 2.75) is 13.5 Å². The maximum absolute atomic E-state index is 12.4. The van der Waals surface area contributed by atoms with E-state index >= 15 is 0 Å². The number of fused-ring (bicyclic) bond motifs is 1.